The van der Waals surface area contributed by atoms with Crippen molar-refractivity contribution in [1.29, 1.82) is 0 Å². The van der Waals surface area contributed by atoms with Crippen LogP contribution in [0.4, 0.5) is 0 Å². The largest absolute Gasteiger partial charge is 0.455 e. The van der Waals surface area contributed by atoms with Gasteiger partial charge in [-0.1, -0.05) is 61.6 Å². The van der Waals surface area contributed by atoms with Crippen LogP contribution in [0.2, 0.25) is 0 Å². The Labute approximate surface area is 287 Å². The van der Waals surface area contributed by atoms with Crippen LogP contribution in [0.1, 0.15) is 37.9 Å². The molecule has 5 aliphatic heterocycles. The number of hydrogen-bond donors (Lipinski definition) is 2. The van der Waals surface area contributed by atoms with E-state index in [0.29, 0.717) is 51.3 Å². The van der Waals surface area contributed by atoms with Gasteiger partial charge in [-0.05, 0) is 18.4 Å². The van der Waals surface area contributed by atoms with Crippen molar-refractivity contribution in [3.05, 3.63) is 60.2 Å². The lowest BCUT2D eigenvalue weighted by Gasteiger charge is -2.38. The van der Waals surface area contributed by atoms with Crippen LogP contribution in [-0.4, -0.2) is 140 Å². The predicted molar refractivity (Wildman–Crippen MR) is 177 cm³/mol. The van der Waals surface area contributed by atoms with Gasteiger partial charge in [0.05, 0.1) is 50.5 Å². The fourth-order valence-corrected chi connectivity index (χ4v) is 7.97. The molecule has 5 heterocycles. The number of aliphatic hydroxyl groups is 1. The second kappa shape index (κ2) is 15.5. The quantitative estimate of drug-likeness (QED) is 0.284. The number of methoxy groups -OCH3 is 1. The first-order valence-corrected chi connectivity index (χ1v) is 17.4. The van der Waals surface area contributed by atoms with Gasteiger partial charge in [-0.2, -0.15) is 0 Å². The summed E-state index contributed by atoms with van der Waals surface area (Å²) in [6.07, 6.45) is 6.26. The second-order valence-electron chi connectivity index (χ2n) is 13.3. The molecule has 2 N–H and O–H groups in total. The second-order valence-corrected chi connectivity index (χ2v) is 13.3. The summed E-state index contributed by atoms with van der Waals surface area (Å²) in [6, 6.07) is 6.65. The summed E-state index contributed by atoms with van der Waals surface area (Å²) in [4.78, 5) is 62.3. The molecule has 3 amide bonds. The molecule has 0 bridgehead atoms. The number of benzene rings is 1. The highest BCUT2D eigenvalue weighted by Crippen LogP contribution is 2.54. The summed E-state index contributed by atoms with van der Waals surface area (Å²) in [5.74, 6) is -3.81. The number of cyclic esters (lactones) is 1. The maximum Gasteiger partial charge on any atom is 0.313 e. The number of morpholine rings is 1. The molecule has 0 radical (unpaired) electrons. The Morgan fingerprint density at radius 3 is 2.55 bits per heavy atom. The van der Waals surface area contributed by atoms with Gasteiger partial charge < -0.3 is 39.2 Å². The highest BCUT2D eigenvalue weighted by Gasteiger charge is 2.72. The average Bonchev–Trinajstić information content (AvgIpc) is 3.50. The Morgan fingerprint density at radius 1 is 1.06 bits per heavy atom. The summed E-state index contributed by atoms with van der Waals surface area (Å²) in [5.41, 5.74) is -0.828. The number of nitrogens with zero attached hydrogens (tertiary/aromatic N) is 3. The van der Waals surface area contributed by atoms with Crippen molar-refractivity contribution in [3.8, 4) is 0 Å². The number of rotatable bonds is 9. The number of hydrogen-bond acceptors (Lipinski definition) is 10. The van der Waals surface area contributed by atoms with E-state index in [1.807, 2.05) is 43.3 Å². The van der Waals surface area contributed by atoms with Gasteiger partial charge in [-0.15, -0.1) is 0 Å². The Hall–Kier alpha value is -3.62. The molecule has 0 unspecified atom stereocenters. The van der Waals surface area contributed by atoms with Gasteiger partial charge in [0.15, 0.2) is 0 Å². The molecule has 3 fully saturated rings. The lowest BCUT2D eigenvalue weighted by Crippen LogP contribution is -2.58. The first kappa shape index (κ1) is 35.2. The normalized spacial score (nSPS) is 33.8. The van der Waals surface area contributed by atoms with Crippen molar-refractivity contribution < 1.29 is 43.2 Å². The minimum absolute atomic E-state index is 0.0768. The monoisotopic (exact) mass is 680 g/mol. The van der Waals surface area contributed by atoms with Gasteiger partial charge in [0, 0.05) is 46.3 Å². The van der Waals surface area contributed by atoms with Gasteiger partial charge in [0.1, 0.15) is 23.7 Å². The Balaban J connectivity index is 1.39. The molecule has 8 atom stereocenters. The zero-order valence-electron chi connectivity index (χ0n) is 28.3. The lowest BCUT2D eigenvalue weighted by molar-refractivity contribution is -0.163. The fourth-order valence-electron chi connectivity index (χ4n) is 7.97. The first-order chi connectivity index (χ1) is 23.8. The van der Waals surface area contributed by atoms with E-state index in [1.54, 1.807) is 23.1 Å². The summed E-state index contributed by atoms with van der Waals surface area (Å²) in [5, 5.41) is 13.4. The molecule has 49 heavy (non-hydrogen) atoms. The maximum atomic E-state index is 14.7. The Kier molecular flexibility index (Phi) is 11.1. The van der Waals surface area contributed by atoms with Crippen LogP contribution in [0, 0.1) is 11.8 Å². The number of carbonyl (C=O) groups excluding carboxylic acids is 4. The van der Waals surface area contributed by atoms with Crippen molar-refractivity contribution >= 4 is 23.7 Å². The molecule has 6 rings (SSSR count). The molecule has 0 aromatic heterocycles. The molecule has 1 spiro atoms. The third-order valence-electron chi connectivity index (χ3n) is 10.4. The van der Waals surface area contributed by atoms with Crippen molar-refractivity contribution in [1.82, 2.24) is 20.0 Å². The minimum atomic E-state index is -1.48. The molecule has 0 aliphatic carbocycles. The van der Waals surface area contributed by atoms with E-state index in [4.69, 9.17) is 18.9 Å². The number of allylic oxidation sites excluding steroid dienone is 1. The number of ether oxygens (including phenoxy) is 4. The van der Waals surface area contributed by atoms with Crippen molar-refractivity contribution in [2.45, 2.75) is 62.1 Å². The SMILES string of the molecule is CC[C@@H](CO)N1C(=O)[C@@H]2[C@H]3C(=O)O[C@H](c4ccccc4)[C@@H](COC)NC(=O)CC/C=C\[C@H]3O[C@@]23C=CCN(CCN2CCOCC2)C(=O)[C@@H]13. The maximum absolute atomic E-state index is 14.7. The summed E-state index contributed by atoms with van der Waals surface area (Å²) >= 11 is 0. The number of esters is 1. The van der Waals surface area contributed by atoms with Gasteiger partial charge in [0.2, 0.25) is 17.7 Å². The molecular formula is C36H48N4O9. The van der Waals surface area contributed by atoms with Gasteiger partial charge in [-0.3, -0.25) is 24.1 Å². The zero-order chi connectivity index (χ0) is 34.5. The smallest absolute Gasteiger partial charge is 0.313 e. The van der Waals surface area contributed by atoms with E-state index in [0.717, 1.165) is 13.1 Å². The molecule has 1 aromatic carbocycles. The number of aliphatic hydroxyl groups excluding tert-OH is 1. The molecule has 266 valence electrons. The summed E-state index contributed by atoms with van der Waals surface area (Å²) in [7, 11) is 1.51. The molecule has 3 saturated heterocycles. The molecule has 1 aromatic rings. The van der Waals surface area contributed by atoms with Crippen molar-refractivity contribution in [2.75, 3.05) is 66.3 Å². The third-order valence-corrected chi connectivity index (χ3v) is 10.4. The Bertz CT molecular complexity index is 1410. The molecule has 5 aliphatic rings. The average molecular weight is 681 g/mol. The Morgan fingerprint density at radius 2 is 1.84 bits per heavy atom. The van der Waals surface area contributed by atoms with Crippen LogP contribution >= 0.6 is 0 Å². The lowest BCUT2D eigenvalue weighted by atomic mass is 9.77. The highest BCUT2D eigenvalue weighted by atomic mass is 16.6. The zero-order valence-corrected chi connectivity index (χ0v) is 28.3. The third kappa shape index (κ3) is 6.91. The van der Waals surface area contributed by atoms with Gasteiger partial charge >= 0.3 is 5.97 Å². The first-order valence-electron chi connectivity index (χ1n) is 17.4. The van der Waals surface area contributed by atoms with Crippen molar-refractivity contribution in [3.63, 3.8) is 0 Å². The van der Waals surface area contributed by atoms with E-state index < -0.39 is 59.6 Å². The van der Waals surface area contributed by atoms with Gasteiger partial charge in [0.25, 0.3) is 0 Å². The van der Waals surface area contributed by atoms with E-state index in [1.165, 1.54) is 12.0 Å². The number of nitrogens with one attached hydrogen (secondary N) is 1. The van der Waals surface area contributed by atoms with Crippen LogP contribution in [-0.2, 0) is 38.1 Å². The van der Waals surface area contributed by atoms with Crippen LogP contribution in [0.5, 0.6) is 0 Å². The van der Waals surface area contributed by atoms with E-state index in [2.05, 4.69) is 10.2 Å². The number of amides is 3. The van der Waals surface area contributed by atoms with Crippen LogP contribution in [0.25, 0.3) is 0 Å². The summed E-state index contributed by atoms with van der Waals surface area (Å²) in [6.45, 7) is 5.81. The van der Waals surface area contributed by atoms with Gasteiger partial charge in [-0.25, -0.2) is 0 Å². The van der Waals surface area contributed by atoms with E-state index in [-0.39, 0.29) is 31.4 Å². The molecule has 13 nitrogen and oxygen atoms in total. The standard InChI is InChI=1S/C36H48N4O9/c1-3-25(22-41)40-32-34(44)39(17-16-38-18-20-47-21-19-38)15-9-14-36(32)30(33(40)43)29-27(49-36)12-7-8-13-28(42)37-26(23-46-2)31(48-35(29)45)24-10-5-4-6-11-24/h4-7,9-12,14,25-27,29-32,41H,3,8,13,15-23H2,1-2H3,(H,37,42)/b12-7-/t25-,26+,27+,29-,30-,31+,32+,36-/m0/s1. The number of likely N-dealkylation sites (tertiary alicyclic amines) is 1. The van der Waals surface area contributed by atoms with Crippen LogP contribution < -0.4 is 5.32 Å². The molecule has 13 heteroatoms. The number of carbonyl (C=O) groups is 4. The summed E-state index contributed by atoms with van der Waals surface area (Å²) < 4.78 is 24.0. The highest BCUT2D eigenvalue weighted by molar-refractivity contribution is 5.99. The molecular weight excluding hydrogens is 632 g/mol. The predicted octanol–water partition coefficient (Wildman–Crippen LogP) is 0.834. The van der Waals surface area contributed by atoms with Crippen LogP contribution in [0.3, 0.4) is 0 Å². The van der Waals surface area contributed by atoms with E-state index in [9.17, 15) is 24.3 Å². The van der Waals surface area contributed by atoms with Crippen molar-refractivity contribution in [2.24, 2.45) is 11.8 Å². The van der Waals surface area contributed by atoms with E-state index >= 15 is 0 Å². The van der Waals surface area contributed by atoms with Crippen LogP contribution in [0.15, 0.2) is 54.6 Å². The molecule has 0 saturated carbocycles. The minimum Gasteiger partial charge on any atom is -0.455 e. The topological polar surface area (TPSA) is 147 Å². The number of fused-ring (bicyclic) bond motifs is 2. The fraction of sp³-hybridized carbons (Fsp3) is 0.611.